The normalized spacial score (nSPS) is 12.4. The van der Waals surface area contributed by atoms with Gasteiger partial charge in [-0.1, -0.05) is 144 Å². The molecule has 0 radical (unpaired) electrons. The molecule has 11 aromatic rings. The average molecular weight is 776 g/mol. The molecular formula is C55H45N5. The number of hydrogen-bond acceptors (Lipinski definition) is 2. The lowest BCUT2D eigenvalue weighted by Gasteiger charge is -2.27. The van der Waals surface area contributed by atoms with Gasteiger partial charge in [0, 0.05) is 55.5 Å². The van der Waals surface area contributed by atoms with Gasteiger partial charge in [0.1, 0.15) is 11.6 Å². The summed E-state index contributed by atoms with van der Waals surface area (Å²) in [5.74, 6) is 1.79. The van der Waals surface area contributed by atoms with Gasteiger partial charge < -0.3 is 4.98 Å². The number of nitrogens with zero attached hydrogens (tertiary/aromatic N) is 4. The third kappa shape index (κ3) is 5.60. The molecule has 0 aliphatic carbocycles. The van der Waals surface area contributed by atoms with Crippen LogP contribution in [0.4, 0.5) is 0 Å². The summed E-state index contributed by atoms with van der Waals surface area (Å²) in [6, 6.07) is 61.4. The number of rotatable bonds is 6. The maximum absolute atomic E-state index is 5.67. The number of nitrogens with one attached hydrogen (secondary N) is 1. The lowest BCUT2D eigenvalue weighted by atomic mass is 9.78. The van der Waals surface area contributed by atoms with Gasteiger partial charge in [0.25, 0.3) is 0 Å². The fourth-order valence-corrected chi connectivity index (χ4v) is 9.28. The zero-order valence-corrected chi connectivity index (χ0v) is 34.5. The van der Waals surface area contributed by atoms with Crippen LogP contribution >= 0.6 is 0 Å². The lowest BCUT2D eigenvalue weighted by molar-refractivity contribution is 0.591. The van der Waals surface area contributed by atoms with Gasteiger partial charge >= 0.3 is 0 Å². The molecule has 0 bridgehead atoms. The van der Waals surface area contributed by atoms with Crippen LogP contribution in [0.3, 0.4) is 0 Å². The number of aromatic nitrogens is 5. The molecule has 11 rings (SSSR count). The maximum atomic E-state index is 5.67. The predicted octanol–water partition coefficient (Wildman–Crippen LogP) is 14.1. The van der Waals surface area contributed by atoms with E-state index in [4.69, 9.17) is 9.97 Å². The third-order valence-electron chi connectivity index (χ3n) is 12.6. The Balaban J connectivity index is 1.17. The van der Waals surface area contributed by atoms with Crippen molar-refractivity contribution < 1.29 is 0 Å². The Kier molecular flexibility index (Phi) is 8.01. The molecule has 4 heterocycles. The van der Waals surface area contributed by atoms with E-state index >= 15 is 0 Å². The standard InChI is InChI=1S/C55H45N5/c1-54(2,3)37-28-30-47-45(34-37)42-29-27-35(32-49(42)60(47)50-26-11-12-31-56-50)40-21-15-25-48-52(40)58-53(44-23-14-22-43-41-20-9-10-24-46(41)57-51(43)44)59(48)39-19-13-18-38(33-39)55(4,5)36-16-7-6-8-17-36/h6-34,57H,1-5H3. The van der Waals surface area contributed by atoms with E-state index in [0.717, 1.165) is 67.1 Å². The summed E-state index contributed by atoms with van der Waals surface area (Å²) in [5, 5.41) is 4.82. The van der Waals surface area contributed by atoms with Crippen molar-refractivity contribution in [3.8, 4) is 34.0 Å². The summed E-state index contributed by atoms with van der Waals surface area (Å²) in [4.78, 5) is 14.3. The van der Waals surface area contributed by atoms with E-state index < -0.39 is 0 Å². The zero-order valence-electron chi connectivity index (χ0n) is 34.5. The van der Waals surface area contributed by atoms with Gasteiger partial charge in [0.15, 0.2) is 0 Å². The van der Waals surface area contributed by atoms with Gasteiger partial charge in [-0.05, 0) is 88.3 Å². The van der Waals surface area contributed by atoms with E-state index in [1.807, 2.05) is 12.3 Å². The minimum atomic E-state index is -0.217. The van der Waals surface area contributed by atoms with Gasteiger partial charge in [0.2, 0.25) is 0 Å². The number of H-pyrrole nitrogens is 1. The van der Waals surface area contributed by atoms with Crippen LogP contribution in [0, 0.1) is 0 Å². The fourth-order valence-electron chi connectivity index (χ4n) is 9.28. The van der Waals surface area contributed by atoms with Crippen molar-refractivity contribution in [2.24, 2.45) is 0 Å². The van der Waals surface area contributed by atoms with E-state index in [9.17, 15) is 0 Å². The molecule has 290 valence electrons. The van der Waals surface area contributed by atoms with Crippen molar-refractivity contribution in [3.63, 3.8) is 0 Å². The molecule has 1 N–H and O–H groups in total. The monoisotopic (exact) mass is 775 g/mol. The molecule has 0 unspecified atom stereocenters. The molecule has 0 saturated heterocycles. The first kappa shape index (κ1) is 35.9. The first-order valence-corrected chi connectivity index (χ1v) is 20.8. The maximum Gasteiger partial charge on any atom is 0.147 e. The Bertz CT molecular complexity index is 3430. The molecule has 0 amide bonds. The van der Waals surface area contributed by atoms with Crippen molar-refractivity contribution >= 4 is 54.6 Å². The zero-order chi connectivity index (χ0) is 40.8. The van der Waals surface area contributed by atoms with Crippen molar-refractivity contribution in [3.05, 3.63) is 193 Å². The molecule has 0 atom stereocenters. The van der Waals surface area contributed by atoms with E-state index in [1.54, 1.807) is 0 Å². The Morgan fingerprint density at radius 3 is 2.07 bits per heavy atom. The molecular weight excluding hydrogens is 731 g/mol. The van der Waals surface area contributed by atoms with Crippen LogP contribution < -0.4 is 0 Å². The van der Waals surface area contributed by atoms with Crippen LogP contribution in [-0.2, 0) is 10.8 Å². The molecule has 0 saturated carbocycles. The highest BCUT2D eigenvalue weighted by Gasteiger charge is 2.26. The smallest absolute Gasteiger partial charge is 0.147 e. The molecule has 5 nitrogen and oxygen atoms in total. The van der Waals surface area contributed by atoms with Crippen LogP contribution in [0.2, 0.25) is 0 Å². The van der Waals surface area contributed by atoms with Crippen molar-refractivity contribution in [2.75, 3.05) is 0 Å². The number of pyridine rings is 1. The van der Waals surface area contributed by atoms with Crippen LogP contribution in [0.15, 0.2) is 176 Å². The van der Waals surface area contributed by atoms with E-state index in [1.165, 1.54) is 38.2 Å². The molecule has 7 aromatic carbocycles. The SMILES string of the molecule is CC(C)(C)c1ccc2c(c1)c1ccc(-c3cccc4c3nc(-c3cccc5c3[nH]c3ccccc35)n4-c3cccc(C(C)(C)c4ccccc4)c3)cc1n2-c1ccccn1. The minimum absolute atomic E-state index is 0.0216. The summed E-state index contributed by atoms with van der Waals surface area (Å²) in [7, 11) is 0. The van der Waals surface area contributed by atoms with Crippen molar-refractivity contribution in [2.45, 2.75) is 45.4 Å². The topological polar surface area (TPSA) is 51.4 Å². The molecule has 0 spiro atoms. The summed E-state index contributed by atoms with van der Waals surface area (Å²) in [6.45, 7) is 11.4. The number of aromatic amines is 1. The predicted molar refractivity (Wildman–Crippen MR) is 251 cm³/mol. The van der Waals surface area contributed by atoms with Gasteiger partial charge in [-0.25, -0.2) is 9.97 Å². The van der Waals surface area contributed by atoms with Crippen LogP contribution in [0.25, 0.3) is 88.7 Å². The Morgan fingerprint density at radius 2 is 1.23 bits per heavy atom. The highest BCUT2D eigenvalue weighted by Crippen LogP contribution is 2.42. The third-order valence-corrected chi connectivity index (χ3v) is 12.6. The fraction of sp³-hybridized carbons (Fsp3) is 0.127. The summed E-state index contributed by atoms with van der Waals surface area (Å²) < 4.78 is 4.67. The van der Waals surface area contributed by atoms with E-state index in [2.05, 4.69) is 213 Å². The molecule has 4 aromatic heterocycles. The Labute approximate surface area is 349 Å². The van der Waals surface area contributed by atoms with Gasteiger partial charge in [-0.2, -0.15) is 0 Å². The molecule has 0 fully saturated rings. The number of imidazole rings is 1. The van der Waals surface area contributed by atoms with Gasteiger partial charge in [0.05, 0.1) is 27.6 Å². The van der Waals surface area contributed by atoms with Crippen LogP contribution in [0.1, 0.15) is 51.3 Å². The minimum Gasteiger partial charge on any atom is -0.354 e. The number of fused-ring (bicyclic) bond motifs is 7. The first-order valence-electron chi connectivity index (χ1n) is 20.8. The molecule has 5 heteroatoms. The number of para-hydroxylation sites is 3. The van der Waals surface area contributed by atoms with Crippen LogP contribution in [-0.4, -0.2) is 24.1 Å². The summed E-state index contributed by atoms with van der Waals surface area (Å²) in [6.07, 6.45) is 1.87. The number of hydrogen-bond donors (Lipinski definition) is 1. The highest BCUT2D eigenvalue weighted by atomic mass is 15.1. The molecule has 0 aliphatic rings. The summed E-state index contributed by atoms with van der Waals surface area (Å²) in [5.41, 5.74) is 14.4. The van der Waals surface area contributed by atoms with Gasteiger partial charge in [-0.3, -0.25) is 9.13 Å². The first-order chi connectivity index (χ1) is 29.1. The molecule has 60 heavy (non-hydrogen) atoms. The lowest BCUT2D eigenvalue weighted by Crippen LogP contribution is -2.19. The van der Waals surface area contributed by atoms with Crippen molar-refractivity contribution in [1.82, 2.24) is 24.1 Å². The second-order valence-corrected chi connectivity index (χ2v) is 17.6. The van der Waals surface area contributed by atoms with E-state index in [0.29, 0.717) is 0 Å². The van der Waals surface area contributed by atoms with Crippen LogP contribution in [0.5, 0.6) is 0 Å². The quantitative estimate of drug-likeness (QED) is 0.183. The largest absolute Gasteiger partial charge is 0.354 e. The Morgan fingerprint density at radius 1 is 0.483 bits per heavy atom. The highest BCUT2D eigenvalue weighted by molar-refractivity contribution is 6.13. The van der Waals surface area contributed by atoms with Gasteiger partial charge in [-0.15, -0.1) is 0 Å². The molecule has 0 aliphatic heterocycles. The number of benzene rings is 7. The Hall–Kier alpha value is -7.24. The summed E-state index contributed by atoms with van der Waals surface area (Å²) >= 11 is 0. The second-order valence-electron chi connectivity index (χ2n) is 17.6. The average Bonchev–Trinajstić information content (AvgIpc) is 3.96. The van der Waals surface area contributed by atoms with E-state index in [-0.39, 0.29) is 10.8 Å². The second kappa shape index (κ2) is 13.4. The van der Waals surface area contributed by atoms with Crippen molar-refractivity contribution in [1.29, 1.82) is 0 Å².